The van der Waals surface area contributed by atoms with E-state index >= 15 is 0 Å². The maximum atomic E-state index is 12.1. The van der Waals surface area contributed by atoms with Gasteiger partial charge in [-0.3, -0.25) is 15.5 Å². The molecule has 0 unspecified atom stereocenters. The lowest BCUT2D eigenvalue weighted by Gasteiger charge is -2.19. The molecule has 10 heteroatoms. The molecule has 1 aliphatic rings. The highest BCUT2D eigenvalue weighted by Crippen LogP contribution is 2.28. The number of ether oxygens (including phenoxy) is 1. The fraction of sp³-hybridized carbons (Fsp3) is 0.143. The molecule has 0 aliphatic carbocycles. The summed E-state index contributed by atoms with van der Waals surface area (Å²) in [4.78, 5) is 7.87. The Bertz CT molecular complexity index is 768. The van der Waals surface area contributed by atoms with E-state index in [1.54, 1.807) is 0 Å². The molecule has 0 atom stereocenters. The lowest BCUT2D eigenvalue weighted by Crippen LogP contribution is -2.27. The van der Waals surface area contributed by atoms with Gasteiger partial charge in [-0.25, -0.2) is 10.0 Å². The molecule has 7 nitrogen and oxygen atoms in total. The van der Waals surface area contributed by atoms with Crippen LogP contribution in [0.3, 0.4) is 0 Å². The van der Waals surface area contributed by atoms with E-state index in [2.05, 4.69) is 20.0 Å². The van der Waals surface area contributed by atoms with E-state index in [0.717, 1.165) is 5.06 Å². The first kappa shape index (κ1) is 15.9. The number of nitrogens with one attached hydrogen (secondary N) is 1. The minimum absolute atomic E-state index is 0.100. The average Bonchev–Trinajstić information content (AvgIpc) is 2.97. The predicted octanol–water partition coefficient (Wildman–Crippen LogP) is 3.23. The van der Waals surface area contributed by atoms with Crippen LogP contribution in [0.25, 0.3) is 11.3 Å². The van der Waals surface area contributed by atoms with Gasteiger partial charge in [0.15, 0.2) is 11.6 Å². The second-order valence-electron chi connectivity index (χ2n) is 4.65. The number of aliphatic imine (C=N–C) groups is 1. The van der Waals surface area contributed by atoms with Crippen LogP contribution in [0.4, 0.5) is 19.2 Å². The highest BCUT2D eigenvalue weighted by Gasteiger charge is 2.31. The molecule has 0 fully saturated rings. The molecule has 0 bridgehead atoms. The van der Waals surface area contributed by atoms with Gasteiger partial charge in [0, 0.05) is 11.8 Å². The topological polar surface area (TPSA) is 83.1 Å². The van der Waals surface area contributed by atoms with Gasteiger partial charge in [-0.2, -0.15) is 0 Å². The van der Waals surface area contributed by atoms with Gasteiger partial charge >= 0.3 is 12.4 Å². The summed E-state index contributed by atoms with van der Waals surface area (Å²) in [5.74, 6) is 0.283. The molecule has 2 N–H and O–H groups in total. The minimum atomic E-state index is -4.74. The molecule has 0 saturated heterocycles. The van der Waals surface area contributed by atoms with Gasteiger partial charge in [-0.15, -0.1) is 13.2 Å². The van der Waals surface area contributed by atoms with Crippen molar-refractivity contribution >= 4 is 12.2 Å². The first-order chi connectivity index (χ1) is 11.4. The Labute approximate surface area is 133 Å². The molecule has 0 saturated carbocycles. The molecular weight excluding hydrogens is 329 g/mol. The van der Waals surface area contributed by atoms with E-state index in [4.69, 9.17) is 4.42 Å². The molecule has 3 rings (SSSR count). The number of benzene rings is 1. The number of hydroxylamine groups is 2. The minimum Gasteiger partial charge on any atom is -0.423 e. The Kier molecular flexibility index (Phi) is 4.13. The van der Waals surface area contributed by atoms with Gasteiger partial charge in [0.2, 0.25) is 0 Å². The monoisotopic (exact) mass is 340 g/mol. The molecule has 1 aromatic heterocycles. The van der Waals surface area contributed by atoms with Crippen LogP contribution < -0.4 is 10.1 Å². The fourth-order valence-corrected chi connectivity index (χ4v) is 1.91. The summed E-state index contributed by atoms with van der Waals surface area (Å²) < 4.78 is 45.6. The highest BCUT2D eigenvalue weighted by atomic mass is 19.4. The van der Waals surface area contributed by atoms with Gasteiger partial charge in [0.05, 0.1) is 18.9 Å². The third-order valence-corrected chi connectivity index (χ3v) is 2.95. The van der Waals surface area contributed by atoms with E-state index in [1.807, 2.05) is 0 Å². The zero-order valence-corrected chi connectivity index (χ0v) is 12.0. The number of hydrogen-bond acceptors (Lipinski definition) is 7. The van der Waals surface area contributed by atoms with E-state index < -0.39 is 6.36 Å². The quantitative estimate of drug-likeness (QED) is 0.889. The zero-order chi connectivity index (χ0) is 17.2. The van der Waals surface area contributed by atoms with Gasteiger partial charge < -0.3 is 9.15 Å². The third kappa shape index (κ3) is 3.84. The molecule has 24 heavy (non-hydrogen) atoms. The lowest BCUT2D eigenvalue weighted by molar-refractivity contribution is -0.274. The SMILES string of the molecule is ON1CC=NC=C1Nc1ncc(-c2ccc(OC(F)(F)F)cc2)o1. The van der Waals surface area contributed by atoms with Gasteiger partial charge in [-0.05, 0) is 24.3 Å². The number of anilines is 1. The van der Waals surface area contributed by atoms with Crippen LogP contribution in [-0.4, -0.2) is 34.4 Å². The molecule has 2 aromatic rings. The molecule has 0 spiro atoms. The normalized spacial score (nSPS) is 14.5. The van der Waals surface area contributed by atoms with Crippen molar-refractivity contribution in [2.45, 2.75) is 6.36 Å². The zero-order valence-electron chi connectivity index (χ0n) is 12.0. The molecule has 126 valence electrons. The number of oxazole rings is 1. The Morgan fingerprint density at radius 1 is 1.25 bits per heavy atom. The summed E-state index contributed by atoms with van der Waals surface area (Å²) >= 11 is 0. The summed E-state index contributed by atoms with van der Waals surface area (Å²) in [5, 5.41) is 13.3. The standard InChI is InChI=1S/C14H11F3N4O3/c15-14(16,17)24-10-3-1-9(2-4-10)11-7-19-13(23-11)20-12-8-18-5-6-21(12)22/h1-5,7-8,22H,6H2,(H,19,20). The van der Waals surface area contributed by atoms with Crippen LogP contribution >= 0.6 is 0 Å². The first-order valence-electron chi connectivity index (χ1n) is 6.68. The van der Waals surface area contributed by atoms with Crippen molar-refractivity contribution in [3.63, 3.8) is 0 Å². The molecule has 1 aliphatic heterocycles. The van der Waals surface area contributed by atoms with Crippen LogP contribution in [0.5, 0.6) is 5.75 Å². The number of rotatable bonds is 4. The Morgan fingerprint density at radius 3 is 2.67 bits per heavy atom. The summed E-state index contributed by atoms with van der Waals surface area (Å²) in [6.45, 7) is 0.215. The van der Waals surface area contributed by atoms with E-state index in [0.29, 0.717) is 11.3 Å². The number of aromatic nitrogens is 1. The number of nitrogens with zero attached hydrogens (tertiary/aromatic N) is 3. The Hall–Kier alpha value is -3.01. The van der Waals surface area contributed by atoms with Crippen molar-refractivity contribution in [1.29, 1.82) is 0 Å². The van der Waals surface area contributed by atoms with Crippen LogP contribution in [0.15, 0.2) is 51.9 Å². The van der Waals surface area contributed by atoms with Crippen LogP contribution in [0.2, 0.25) is 0 Å². The molecular formula is C14H11F3N4O3. The van der Waals surface area contributed by atoms with Crippen molar-refractivity contribution in [3.8, 4) is 17.1 Å². The summed E-state index contributed by atoms with van der Waals surface area (Å²) in [6.07, 6.45) is -0.444. The largest absolute Gasteiger partial charge is 0.573 e. The average molecular weight is 340 g/mol. The van der Waals surface area contributed by atoms with Crippen molar-refractivity contribution in [2.24, 2.45) is 4.99 Å². The molecule has 2 heterocycles. The Morgan fingerprint density at radius 2 is 2.00 bits per heavy atom. The highest BCUT2D eigenvalue weighted by molar-refractivity contribution is 5.63. The lowest BCUT2D eigenvalue weighted by atomic mass is 10.2. The summed E-state index contributed by atoms with van der Waals surface area (Å²) in [7, 11) is 0. The fourth-order valence-electron chi connectivity index (χ4n) is 1.91. The smallest absolute Gasteiger partial charge is 0.423 e. The third-order valence-electron chi connectivity index (χ3n) is 2.95. The van der Waals surface area contributed by atoms with Crippen molar-refractivity contribution in [3.05, 3.63) is 42.5 Å². The van der Waals surface area contributed by atoms with Crippen molar-refractivity contribution in [1.82, 2.24) is 10.0 Å². The van der Waals surface area contributed by atoms with Crippen molar-refractivity contribution in [2.75, 3.05) is 11.9 Å². The maximum absolute atomic E-state index is 12.1. The molecule has 1 aromatic carbocycles. The van der Waals surface area contributed by atoms with Crippen LogP contribution in [0.1, 0.15) is 0 Å². The second-order valence-corrected chi connectivity index (χ2v) is 4.65. The summed E-state index contributed by atoms with van der Waals surface area (Å²) in [6, 6.07) is 5.27. The predicted molar refractivity (Wildman–Crippen MR) is 77.3 cm³/mol. The first-order valence-corrected chi connectivity index (χ1v) is 6.68. The maximum Gasteiger partial charge on any atom is 0.573 e. The van der Waals surface area contributed by atoms with Gasteiger partial charge in [-0.1, -0.05) is 0 Å². The van der Waals surface area contributed by atoms with E-state index in [1.165, 1.54) is 42.9 Å². The number of alkyl halides is 3. The second kappa shape index (κ2) is 6.24. The van der Waals surface area contributed by atoms with Gasteiger partial charge in [0.1, 0.15) is 5.75 Å². The number of hydrogen-bond donors (Lipinski definition) is 2. The Balaban J connectivity index is 1.71. The molecule has 0 radical (unpaired) electrons. The number of halogens is 3. The van der Waals surface area contributed by atoms with Crippen LogP contribution in [-0.2, 0) is 0 Å². The van der Waals surface area contributed by atoms with Gasteiger partial charge in [0.25, 0.3) is 0 Å². The summed E-state index contributed by atoms with van der Waals surface area (Å²) in [5.41, 5.74) is 0.515. The van der Waals surface area contributed by atoms with Crippen molar-refractivity contribution < 1.29 is 27.5 Å². The van der Waals surface area contributed by atoms with Crippen LogP contribution in [0, 0.1) is 0 Å². The van der Waals surface area contributed by atoms with E-state index in [9.17, 15) is 18.4 Å². The van der Waals surface area contributed by atoms with E-state index in [-0.39, 0.29) is 24.1 Å². The molecule has 0 amide bonds.